The molecule has 0 aliphatic heterocycles. The van der Waals surface area contributed by atoms with Crippen LogP contribution in [0, 0.1) is 30.1 Å². The summed E-state index contributed by atoms with van der Waals surface area (Å²) < 4.78 is 0. The molecule has 17 heavy (non-hydrogen) atoms. The molecule has 0 saturated carbocycles. The molecule has 0 spiro atoms. The number of nitrogens with one attached hydrogen (secondary N) is 1. The van der Waals surface area contributed by atoms with Crippen LogP contribution in [0.1, 0.15) is 25.0 Å². The first kappa shape index (κ1) is 13.2. The van der Waals surface area contributed by atoms with E-state index in [0.717, 1.165) is 11.1 Å². The molecule has 1 amide bonds. The smallest absolute Gasteiger partial charge is 0.237 e. The lowest BCUT2D eigenvalue weighted by Gasteiger charge is -2.13. The van der Waals surface area contributed by atoms with E-state index >= 15 is 0 Å². The molecule has 3 nitrogen and oxygen atoms in total. The van der Waals surface area contributed by atoms with Crippen molar-refractivity contribution in [2.45, 2.75) is 27.3 Å². The number of hydrogen-bond donors (Lipinski definition) is 1. The zero-order chi connectivity index (χ0) is 12.8. The maximum Gasteiger partial charge on any atom is 0.237 e. The van der Waals surface area contributed by atoms with Crippen molar-refractivity contribution in [1.29, 1.82) is 5.26 Å². The number of amides is 1. The zero-order valence-electron chi connectivity index (χ0n) is 10.5. The minimum atomic E-state index is -0.570. The van der Waals surface area contributed by atoms with Crippen molar-refractivity contribution in [2.24, 2.45) is 11.8 Å². The molecule has 3 heteroatoms. The summed E-state index contributed by atoms with van der Waals surface area (Å²) >= 11 is 0. The lowest BCUT2D eigenvalue weighted by molar-refractivity contribution is -0.124. The van der Waals surface area contributed by atoms with Crippen LogP contribution in [-0.4, -0.2) is 5.91 Å². The van der Waals surface area contributed by atoms with Gasteiger partial charge in [0.05, 0.1) is 6.07 Å². The SMILES string of the molecule is Cc1cccc(CNC(=O)C(C#N)C(C)C)c1. The Kier molecular flexibility index (Phi) is 4.71. The van der Waals surface area contributed by atoms with Crippen molar-refractivity contribution in [1.82, 2.24) is 5.32 Å². The molecule has 1 aromatic carbocycles. The zero-order valence-corrected chi connectivity index (χ0v) is 10.5. The van der Waals surface area contributed by atoms with Crippen LogP contribution < -0.4 is 5.32 Å². The van der Waals surface area contributed by atoms with E-state index in [1.165, 1.54) is 0 Å². The molecule has 1 N–H and O–H groups in total. The second kappa shape index (κ2) is 6.05. The average molecular weight is 230 g/mol. The van der Waals surface area contributed by atoms with E-state index in [4.69, 9.17) is 5.26 Å². The van der Waals surface area contributed by atoms with Crippen molar-refractivity contribution in [3.63, 3.8) is 0 Å². The third-order valence-corrected chi connectivity index (χ3v) is 2.64. The molecule has 90 valence electrons. The first-order valence-electron chi connectivity index (χ1n) is 5.77. The lowest BCUT2D eigenvalue weighted by Crippen LogP contribution is -2.32. The second-order valence-corrected chi connectivity index (χ2v) is 4.56. The number of carbonyl (C=O) groups is 1. The summed E-state index contributed by atoms with van der Waals surface area (Å²) in [5.74, 6) is -0.721. The van der Waals surface area contributed by atoms with E-state index in [9.17, 15) is 4.79 Å². The minimum Gasteiger partial charge on any atom is -0.351 e. The minimum absolute atomic E-state index is 0.0394. The van der Waals surface area contributed by atoms with Crippen LogP contribution in [0.5, 0.6) is 0 Å². The molecule has 1 rings (SSSR count). The van der Waals surface area contributed by atoms with Gasteiger partial charge in [0.2, 0.25) is 5.91 Å². The Balaban J connectivity index is 2.57. The summed E-state index contributed by atoms with van der Waals surface area (Å²) in [4.78, 5) is 11.7. The van der Waals surface area contributed by atoms with Crippen molar-refractivity contribution in [2.75, 3.05) is 0 Å². The van der Waals surface area contributed by atoms with Gasteiger partial charge in [-0.3, -0.25) is 4.79 Å². The van der Waals surface area contributed by atoms with E-state index in [0.29, 0.717) is 6.54 Å². The predicted octanol–water partition coefficient (Wildman–Crippen LogP) is 2.41. The van der Waals surface area contributed by atoms with Crippen LogP contribution in [0.25, 0.3) is 0 Å². The highest BCUT2D eigenvalue weighted by Crippen LogP contribution is 2.10. The highest BCUT2D eigenvalue weighted by Gasteiger charge is 2.20. The van der Waals surface area contributed by atoms with Gasteiger partial charge in [-0.25, -0.2) is 0 Å². The van der Waals surface area contributed by atoms with Gasteiger partial charge in [0, 0.05) is 6.54 Å². The molecule has 0 aliphatic rings. The van der Waals surface area contributed by atoms with Crippen molar-refractivity contribution in [3.05, 3.63) is 35.4 Å². The van der Waals surface area contributed by atoms with Gasteiger partial charge in [-0.2, -0.15) is 5.26 Å². The molecular weight excluding hydrogens is 212 g/mol. The van der Waals surface area contributed by atoms with E-state index in [1.807, 2.05) is 51.1 Å². The quantitative estimate of drug-likeness (QED) is 0.863. The van der Waals surface area contributed by atoms with Crippen molar-refractivity contribution < 1.29 is 4.79 Å². The van der Waals surface area contributed by atoms with Gasteiger partial charge in [0.25, 0.3) is 0 Å². The standard InChI is InChI=1S/C14H18N2O/c1-10(2)13(8-15)14(17)16-9-12-6-4-5-11(3)7-12/h4-7,10,13H,9H2,1-3H3,(H,16,17). The van der Waals surface area contributed by atoms with Crippen LogP contribution in [-0.2, 0) is 11.3 Å². The largest absolute Gasteiger partial charge is 0.351 e. The van der Waals surface area contributed by atoms with Gasteiger partial charge in [-0.05, 0) is 18.4 Å². The summed E-state index contributed by atoms with van der Waals surface area (Å²) in [5.41, 5.74) is 2.22. The van der Waals surface area contributed by atoms with Crippen LogP contribution >= 0.6 is 0 Å². The molecule has 0 radical (unpaired) electrons. The summed E-state index contributed by atoms with van der Waals surface area (Å²) in [7, 11) is 0. The van der Waals surface area contributed by atoms with Gasteiger partial charge in [-0.15, -0.1) is 0 Å². The number of benzene rings is 1. The molecule has 0 fully saturated rings. The Morgan fingerprint density at radius 3 is 2.71 bits per heavy atom. The Labute approximate surface area is 102 Å². The van der Waals surface area contributed by atoms with Gasteiger partial charge in [0.1, 0.15) is 5.92 Å². The monoisotopic (exact) mass is 230 g/mol. The van der Waals surface area contributed by atoms with Crippen LogP contribution in [0.2, 0.25) is 0 Å². The lowest BCUT2D eigenvalue weighted by atomic mass is 9.96. The molecular formula is C14H18N2O. The number of nitrogens with zero attached hydrogens (tertiary/aromatic N) is 1. The normalized spacial score (nSPS) is 11.9. The third-order valence-electron chi connectivity index (χ3n) is 2.64. The second-order valence-electron chi connectivity index (χ2n) is 4.56. The fraction of sp³-hybridized carbons (Fsp3) is 0.429. The molecule has 1 atom stereocenters. The molecule has 0 saturated heterocycles. The van der Waals surface area contributed by atoms with Crippen molar-refractivity contribution >= 4 is 5.91 Å². The fourth-order valence-electron chi connectivity index (χ4n) is 1.63. The van der Waals surface area contributed by atoms with E-state index in [1.54, 1.807) is 0 Å². The van der Waals surface area contributed by atoms with Gasteiger partial charge in [-0.1, -0.05) is 43.7 Å². The van der Waals surface area contributed by atoms with Gasteiger partial charge in [0.15, 0.2) is 0 Å². The summed E-state index contributed by atoms with van der Waals surface area (Å²) in [6.07, 6.45) is 0. The Morgan fingerprint density at radius 2 is 2.18 bits per heavy atom. The maximum atomic E-state index is 11.7. The van der Waals surface area contributed by atoms with Crippen LogP contribution in [0.15, 0.2) is 24.3 Å². The molecule has 0 bridgehead atoms. The topological polar surface area (TPSA) is 52.9 Å². The molecule has 0 aromatic heterocycles. The highest BCUT2D eigenvalue weighted by molar-refractivity contribution is 5.81. The van der Waals surface area contributed by atoms with Gasteiger partial charge >= 0.3 is 0 Å². The molecule has 1 aromatic rings. The highest BCUT2D eigenvalue weighted by atomic mass is 16.1. The van der Waals surface area contributed by atoms with E-state index in [2.05, 4.69) is 5.32 Å². The maximum absolute atomic E-state index is 11.7. The van der Waals surface area contributed by atoms with E-state index in [-0.39, 0.29) is 11.8 Å². The number of nitriles is 1. The third kappa shape index (κ3) is 3.92. The number of hydrogen-bond acceptors (Lipinski definition) is 2. The van der Waals surface area contributed by atoms with Crippen molar-refractivity contribution in [3.8, 4) is 6.07 Å². The number of rotatable bonds is 4. The predicted molar refractivity (Wildman–Crippen MR) is 67.0 cm³/mol. The summed E-state index contributed by atoms with van der Waals surface area (Å²) in [6.45, 7) is 6.24. The summed E-state index contributed by atoms with van der Waals surface area (Å²) in [6, 6.07) is 9.99. The first-order chi connectivity index (χ1) is 8.04. The fourth-order valence-corrected chi connectivity index (χ4v) is 1.63. The first-order valence-corrected chi connectivity index (χ1v) is 5.77. The average Bonchev–Trinajstić information content (AvgIpc) is 2.27. The van der Waals surface area contributed by atoms with E-state index < -0.39 is 5.92 Å². The number of carbonyl (C=O) groups excluding carboxylic acids is 1. The van der Waals surface area contributed by atoms with Crippen LogP contribution in [0.4, 0.5) is 0 Å². The Hall–Kier alpha value is -1.82. The van der Waals surface area contributed by atoms with Gasteiger partial charge < -0.3 is 5.32 Å². The molecule has 0 aliphatic carbocycles. The molecule has 1 unspecified atom stereocenters. The Morgan fingerprint density at radius 1 is 1.47 bits per heavy atom. The summed E-state index contributed by atoms with van der Waals surface area (Å²) in [5, 5.41) is 11.7. The Bertz CT molecular complexity index is 432. The molecule has 0 heterocycles. The number of aryl methyl sites for hydroxylation is 1. The van der Waals surface area contributed by atoms with Crippen LogP contribution in [0.3, 0.4) is 0 Å².